The van der Waals surface area contributed by atoms with Crippen LogP contribution >= 0.6 is 0 Å². The third-order valence-electron chi connectivity index (χ3n) is 5.76. The number of rotatable bonds is 5. The molecule has 0 spiro atoms. The fraction of sp³-hybridized carbons (Fsp3) is 0.148. The first kappa shape index (κ1) is 22.2. The maximum atomic E-state index is 13.0. The molecule has 2 amide bonds. The lowest BCUT2D eigenvalue weighted by atomic mass is 10.1. The molecule has 0 unspecified atom stereocenters. The lowest BCUT2D eigenvalue weighted by molar-refractivity contribution is 0.101. The van der Waals surface area contributed by atoms with E-state index in [2.05, 4.69) is 20.9 Å². The molecule has 2 heterocycles. The van der Waals surface area contributed by atoms with Crippen molar-refractivity contribution in [1.29, 1.82) is 0 Å². The standard InChI is InChI=1S/C27H24N4O4/c1-16-3-7-20(29-26(32)19-5-9-23-24(14-19)35-12-11-34-23)15-22(16)31-27(33)18-4-8-21-17(13-18)6-10-25(28-2)30-21/h3-10,13-15H,11-12H2,1-2H3,(H,28,30)(H,29,32)(H,31,33). The summed E-state index contributed by atoms with van der Waals surface area (Å²) in [6.07, 6.45) is 0. The van der Waals surface area contributed by atoms with E-state index in [4.69, 9.17) is 9.47 Å². The second kappa shape index (κ2) is 9.34. The summed E-state index contributed by atoms with van der Waals surface area (Å²) in [4.78, 5) is 30.3. The van der Waals surface area contributed by atoms with Gasteiger partial charge >= 0.3 is 0 Å². The van der Waals surface area contributed by atoms with Crippen LogP contribution in [0.1, 0.15) is 26.3 Å². The number of pyridine rings is 1. The number of carbonyl (C=O) groups excluding carboxylic acids is 2. The summed E-state index contributed by atoms with van der Waals surface area (Å²) in [6, 6.07) is 19.6. The Balaban J connectivity index is 1.32. The third kappa shape index (κ3) is 4.72. The van der Waals surface area contributed by atoms with Gasteiger partial charge in [-0.05, 0) is 73.2 Å². The number of aromatic nitrogens is 1. The number of anilines is 3. The minimum absolute atomic E-state index is 0.247. The number of aryl methyl sites for hydroxylation is 1. The molecule has 0 bridgehead atoms. The van der Waals surface area contributed by atoms with Crippen LogP contribution in [-0.4, -0.2) is 37.1 Å². The minimum atomic E-state index is -0.286. The number of hydrogen-bond acceptors (Lipinski definition) is 6. The van der Waals surface area contributed by atoms with Crippen molar-refractivity contribution in [3.63, 3.8) is 0 Å². The molecular weight excluding hydrogens is 444 g/mol. The van der Waals surface area contributed by atoms with Gasteiger partial charge < -0.3 is 25.4 Å². The fourth-order valence-corrected chi connectivity index (χ4v) is 3.82. The second-order valence-electron chi connectivity index (χ2n) is 8.15. The SMILES string of the molecule is CNc1ccc2cc(C(=O)Nc3cc(NC(=O)c4ccc5c(c4)OCCO5)ccc3C)ccc2n1. The number of carbonyl (C=O) groups is 2. The van der Waals surface area contributed by atoms with E-state index in [9.17, 15) is 9.59 Å². The predicted octanol–water partition coefficient (Wildman–Crippen LogP) is 4.86. The van der Waals surface area contributed by atoms with E-state index in [1.807, 2.05) is 38.2 Å². The molecule has 8 nitrogen and oxygen atoms in total. The number of fused-ring (bicyclic) bond motifs is 2. The highest BCUT2D eigenvalue weighted by atomic mass is 16.6. The summed E-state index contributed by atoms with van der Waals surface area (Å²) in [6.45, 7) is 2.83. The molecule has 0 radical (unpaired) electrons. The van der Waals surface area contributed by atoms with Gasteiger partial charge in [0.1, 0.15) is 19.0 Å². The lowest BCUT2D eigenvalue weighted by Gasteiger charge is -2.18. The van der Waals surface area contributed by atoms with Gasteiger partial charge in [-0.3, -0.25) is 9.59 Å². The van der Waals surface area contributed by atoms with Gasteiger partial charge in [0.2, 0.25) is 0 Å². The molecule has 0 aliphatic carbocycles. The summed E-state index contributed by atoms with van der Waals surface area (Å²) in [5.41, 5.74) is 3.81. The van der Waals surface area contributed by atoms with Gasteiger partial charge in [-0.1, -0.05) is 6.07 Å². The van der Waals surface area contributed by atoms with Crippen LogP contribution in [0.3, 0.4) is 0 Å². The van der Waals surface area contributed by atoms with E-state index in [1.165, 1.54) is 0 Å². The van der Waals surface area contributed by atoms with Crippen molar-refractivity contribution in [2.75, 3.05) is 36.2 Å². The maximum absolute atomic E-state index is 13.0. The van der Waals surface area contributed by atoms with Crippen molar-refractivity contribution in [1.82, 2.24) is 4.98 Å². The van der Waals surface area contributed by atoms with Gasteiger partial charge in [0, 0.05) is 34.9 Å². The van der Waals surface area contributed by atoms with Gasteiger partial charge in [-0.2, -0.15) is 0 Å². The number of hydrogen-bond donors (Lipinski definition) is 3. The molecule has 0 saturated heterocycles. The average Bonchev–Trinajstić information content (AvgIpc) is 2.89. The summed E-state index contributed by atoms with van der Waals surface area (Å²) in [7, 11) is 1.81. The number of nitrogens with zero attached hydrogens (tertiary/aromatic N) is 1. The van der Waals surface area contributed by atoms with E-state index >= 15 is 0 Å². The molecular formula is C27H24N4O4. The molecule has 8 heteroatoms. The molecule has 4 aromatic rings. The Bertz CT molecular complexity index is 1450. The molecule has 0 atom stereocenters. The van der Waals surface area contributed by atoms with Crippen LogP contribution in [-0.2, 0) is 0 Å². The molecule has 0 saturated carbocycles. The molecule has 1 aromatic heterocycles. The molecule has 3 N–H and O–H groups in total. The lowest BCUT2D eigenvalue weighted by Crippen LogP contribution is -2.17. The summed E-state index contributed by atoms with van der Waals surface area (Å²) >= 11 is 0. The Hall–Kier alpha value is -4.59. The van der Waals surface area contributed by atoms with Crippen molar-refractivity contribution >= 4 is 39.9 Å². The molecule has 3 aromatic carbocycles. The molecule has 0 fully saturated rings. The van der Waals surface area contributed by atoms with E-state index in [1.54, 1.807) is 42.5 Å². The minimum Gasteiger partial charge on any atom is -0.486 e. The average molecular weight is 469 g/mol. The normalized spacial score (nSPS) is 12.2. The van der Waals surface area contributed by atoms with Gasteiger partial charge in [-0.25, -0.2) is 4.98 Å². The monoisotopic (exact) mass is 468 g/mol. The Labute approximate surface area is 202 Å². The van der Waals surface area contributed by atoms with Crippen LogP contribution in [0, 0.1) is 6.92 Å². The molecule has 1 aliphatic rings. The van der Waals surface area contributed by atoms with Crippen LogP contribution in [0.2, 0.25) is 0 Å². The van der Waals surface area contributed by atoms with E-state index in [0.717, 1.165) is 22.3 Å². The van der Waals surface area contributed by atoms with Gasteiger partial charge in [0.15, 0.2) is 11.5 Å². The van der Waals surface area contributed by atoms with Gasteiger partial charge in [-0.15, -0.1) is 0 Å². The first-order valence-corrected chi connectivity index (χ1v) is 11.2. The quantitative estimate of drug-likeness (QED) is 0.387. The number of benzene rings is 3. The topological polar surface area (TPSA) is 102 Å². The zero-order chi connectivity index (χ0) is 24.4. The highest BCUT2D eigenvalue weighted by Crippen LogP contribution is 2.31. The predicted molar refractivity (Wildman–Crippen MR) is 136 cm³/mol. The van der Waals surface area contributed by atoms with E-state index in [0.29, 0.717) is 47.2 Å². The number of amides is 2. The molecule has 35 heavy (non-hydrogen) atoms. The van der Waals surface area contributed by atoms with Crippen molar-refractivity contribution in [3.8, 4) is 11.5 Å². The Kier molecular flexibility index (Phi) is 5.93. The summed E-state index contributed by atoms with van der Waals surface area (Å²) in [5.74, 6) is 1.41. The van der Waals surface area contributed by atoms with Gasteiger partial charge in [0.25, 0.3) is 11.8 Å². The smallest absolute Gasteiger partial charge is 0.255 e. The largest absolute Gasteiger partial charge is 0.486 e. The number of ether oxygens (including phenoxy) is 2. The van der Waals surface area contributed by atoms with Crippen molar-refractivity contribution < 1.29 is 19.1 Å². The first-order chi connectivity index (χ1) is 17.0. The fourth-order valence-electron chi connectivity index (χ4n) is 3.82. The van der Waals surface area contributed by atoms with Crippen molar-refractivity contribution in [3.05, 3.63) is 83.4 Å². The maximum Gasteiger partial charge on any atom is 0.255 e. The first-order valence-electron chi connectivity index (χ1n) is 11.2. The Morgan fingerprint density at radius 1 is 0.800 bits per heavy atom. The van der Waals surface area contributed by atoms with Crippen LogP contribution in [0.5, 0.6) is 11.5 Å². The highest BCUT2D eigenvalue weighted by molar-refractivity contribution is 6.08. The van der Waals surface area contributed by atoms with Crippen LogP contribution in [0.4, 0.5) is 17.2 Å². The third-order valence-corrected chi connectivity index (χ3v) is 5.76. The van der Waals surface area contributed by atoms with Crippen molar-refractivity contribution in [2.24, 2.45) is 0 Å². The van der Waals surface area contributed by atoms with Crippen LogP contribution in [0.15, 0.2) is 66.7 Å². The molecule has 5 rings (SSSR count). The zero-order valence-corrected chi connectivity index (χ0v) is 19.3. The number of nitrogens with one attached hydrogen (secondary N) is 3. The van der Waals surface area contributed by atoms with Crippen LogP contribution < -0.4 is 25.4 Å². The Morgan fingerprint density at radius 3 is 2.37 bits per heavy atom. The molecule has 1 aliphatic heterocycles. The second-order valence-corrected chi connectivity index (χ2v) is 8.15. The van der Waals surface area contributed by atoms with Gasteiger partial charge in [0.05, 0.1) is 5.52 Å². The summed E-state index contributed by atoms with van der Waals surface area (Å²) in [5, 5.41) is 9.70. The van der Waals surface area contributed by atoms with Crippen LogP contribution in [0.25, 0.3) is 10.9 Å². The Morgan fingerprint density at radius 2 is 1.54 bits per heavy atom. The van der Waals surface area contributed by atoms with Crippen molar-refractivity contribution in [2.45, 2.75) is 6.92 Å². The summed E-state index contributed by atoms with van der Waals surface area (Å²) < 4.78 is 11.1. The molecule has 176 valence electrons. The highest BCUT2D eigenvalue weighted by Gasteiger charge is 2.16. The zero-order valence-electron chi connectivity index (χ0n) is 19.3. The van der Waals surface area contributed by atoms with E-state index < -0.39 is 0 Å². The van der Waals surface area contributed by atoms with E-state index in [-0.39, 0.29) is 11.8 Å².